The van der Waals surface area contributed by atoms with Gasteiger partial charge in [-0.2, -0.15) is 8.42 Å². The third-order valence-electron chi connectivity index (χ3n) is 3.53. The van der Waals surface area contributed by atoms with E-state index >= 15 is 0 Å². The molecule has 7 heteroatoms. The first-order chi connectivity index (χ1) is 11.3. The van der Waals surface area contributed by atoms with Crippen LogP contribution < -0.4 is 0 Å². The first kappa shape index (κ1) is 16.2. The minimum Gasteiger partial charge on any atom is -0.289 e. The highest BCUT2D eigenvalue weighted by molar-refractivity contribution is 7.86. The molecule has 0 saturated heterocycles. The molecule has 3 aromatic rings. The summed E-state index contributed by atoms with van der Waals surface area (Å²) < 4.78 is 58.9. The maximum atomic E-state index is 13.3. The zero-order valence-electron chi connectivity index (χ0n) is 12.0. The normalized spacial score (nSPS) is 11.6. The number of rotatable bonds is 3. The van der Waals surface area contributed by atoms with Gasteiger partial charge in [0.1, 0.15) is 16.5 Å². The van der Waals surface area contributed by atoms with E-state index in [1.54, 1.807) is 12.1 Å². The van der Waals surface area contributed by atoms with Gasteiger partial charge in [-0.05, 0) is 29.7 Å². The van der Waals surface area contributed by atoms with Crippen LogP contribution in [0.4, 0.5) is 8.78 Å². The molecule has 0 spiro atoms. The van der Waals surface area contributed by atoms with Crippen LogP contribution in [-0.4, -0.2) is 18.8 Å². The van der Waals surface area contributed by atoms with E-state index in [0.29, 0.717) is 6.07 Å². The summed E-state index contributed by atoms with van der Waals surface area (Å²) in [4.78, 5) is 12.2. The lowest BCUT2D eigenvalue weighted by molar-refractivity contribution is 0.103. The largest absolute Gasteiger partial charge is 0.295 e. The maximum Gasteiger partial charge on any atom is 0.295 e. The fraction of sp³-hybridized carbons (Fsp3) is 0. The Morgan fingerprint density at radius 3 is 2.04 bits per heavy atom. The summed E-state index contributed by atoms with van der Waals surface area (Å²) in [6.07, 6.45) is 0. The van der Waals surface area contributed by atoms with E-state index in [2.05, 4.69) is 0 Å². The lowest BCUT2D eigenvalue weighted by Gasteiger charge is -2.09. The van der Waals surface area contributed by atoms with E-state index in [-0.39, 0.29) is 26.8 Å². The Kier molecular flexibility index (Phi) is 3.90. The molecule has 0 radical (unpaired) electrons. The summed E-state index contributed by atoms with van der Waals surface area (Å²) in [7, 11) is -4.48. The summed E-state index contributed by atoms with van der Waals surface area (Å²) >= 11 is 0. The summed E-state index contributed by atoms with van der Waals surface area (Å²) in [6, 6.07) is 10.8. The molecule has 0 aliphatic heterocycles. The molecule has 0 unspecified atom stereocenters. The van der Waals surface area contributed by atoms with Crippen LogP contribution in [0.1, 0.15) is 15.9 Å². The van der Waals surface area contributed by atoms with Crippen molar-refractivity contribution >= 4 is 26.7 Å². The minimum atomic E-state index is -4.48. The van der Waals surface area contributed by atoms with Gasteiger partial charge in [-0.15, -0.1) is 0 Å². The molecule has 0 bridgehead atoms. The summed E-state index contributed by atoms with van der Waals surface area (Å²) in [6.45, 7) is 0. The first-order valence-electron chi connectivity index (χ1n) is 6.77. The summed E-state index contributed by atoms with van der Waals surface area (Å²) in [5, 5.41) is 0.394. The highest BCUT2D eigenvalue weighted by Gasteiger charge is 2.20. The molecule has 0 aromatic heterocycles. The van der Waals surface area contributed by atoms with Crippen molar-refractivity contribution in [1.82, 2.24) is 0 Å². The Bertz CT molecular complexity index is 1050. The van der Waals surface area contributed by atoms with Gasteiger partial charge in [0.25, 0.3) is 10.1 Å². The molecule has 0 saturated carbocycles. The van der Waals surface area contributed by atoms with Crippen molar-refractivity contribution in [3.63, 3.8) is 0 Å². The molecule has 0 aliphatic carbocycles. The van der Waals surface area contributed by atoms with Gasteiger partial charge in [-0.25, -0.2) is 8.78 Å². The second-order valence-corrected chi connectivity index (χ2v) is 6.51. The first-order valence-corrected chi connectivity index (χ1v) is 8.21. The van der Waals surface area contributed by atoms with Crippen molar-refractivity contribution < 1.29 is 26.5 Å². The molecule has 0 fully saturated rings. The maximum absolute atomic E-state index is 13.3. The van der Waals surface area contributed by atoms with Crippen LogP contribution in [0, 0.1) is 11.6 Å². The third-order valence-corrected chi connectivity index (χ3v) is 4.44. The van der Waals surface area contributed by atoms with Gasteiger partial charge < -0.3 is 0 Å². The van der Waals surface area contributed by atoms with Crippen LogP contribution >= 0.6 is 0 Å². The number of hydrogen-bond donors (Lipinski definition) is 1. The highest BCUT2D eigenvalue weighted by Crippen LogP contribution is 2.28. The molecule has 1 N–H and O–H groups in total. The number of carbonyl (C=O) groups excluding carboxylic acids is 1. The molecule has 3 rings (SSSR count). The third kappa shape index (κ3) is 2.91. The van der Waals surface area contributed by atoms with Gasteiger partial charge in [0, 0.05) is 22.6 Å². The predicted molar refractivity (Wildman–Crippen MR) is 83.6 cm³/mol. The second-order valence-electron chi connectivity index (χ2n) is 5.12. The molecule has 0 heterocycles. The number of halogens is 2. The smallest absolute Gasteiger partial charge is 0.289 e. The van der Waals surface area contributed by atoms with Crippen molar-refractivity contribution in [3.05, 3.63) is 77.4 Å². The molecule has 0 amide bonds. The van der Waals surface area contributed by atoms with Crippen LogP contribution in [0.25, 0.3) is 10.8 Å². The van der Waals surface area contributed by atoms with E-state index in [9.17, 15) is 26.5 Å². The van der Waals surface area contributed by atoms with Crippen LogP contribution in [0.2, 0.25) is 0 Å². The fourth-order valence-corrected chi connectivity index (χ4v) is 3.23. The predicted octanol–water partition coefficient (Wildman–Crippen LogP) is 3.60. The topological polar surface area (TPSA) is 71.4 Å². The number of hydrogen-bond acceptors (Lipinski definition) is 3. The van der Waals surface area contributed by atoms with Crippen molar-refractivity contribution in [3.8, 4) is 0 Å². The molecule has 122 valence electrons. The quantitative estimate of drug-likeness (QED) is 0.580. The lowest BCUT2D eigenvalue weighted by Crippen LogP contribution is -2.06. The molecule has 0 atom stereocenters. The zero-order chi connectivity index (χ0) is 17.5. The van der Waals surface area contributed by atoms with E-state index in [0.717, 1.165) is 18.2 Å². The Balaban J connectivity index is 2.26. The van der Waals surface area contributed by atoms with Crippen molar-refractivity contribution in [2.24, 2.45) is 0 Å². The van der Waals surface area contributed by atoms with Gasteiger partial charge in [-0.1, -0.05) is 24.3 Å². The van der Waals surface area contributed by atoms with Crippen LogP contribution in [0.15, 0.2) is 59.5 Å². The summed E-state index contributed by atoms with van der Waals surface area (Å²) in [5.74, 6) is -2.44. The number of ketones is 1. The van der Waals surface area contributed by atoms with Crippen molar-refractivity contribution in [2.45, 2.75) is 4.90 Å². The molecule has 3 aromatic carbocycles. The number of benzene rings is 3. The Morgan fingerprint density at radius 2 is 1.46 bits per heavy atom. The van der Waals surface area contributed by atoms with Gasteiger partial charge >= 0.3 is 0 Å². The summed E-state index contributed by atoms with van der Waals surface area (Å²) in [5.41, 5.74) is -0.125. The van der Waals surface area contributed by atoms with Gasteiger partial charge in [0.05, 0.1) is 0 Å². The average molecular weight is 348 g/mol. The highest BCUT2D eigenvalue weighted by atomic mass is 32.2. The van der Waals surface area contributed by atoms with E-state index in [1.807, 2.05) is 0 Å². The Labute approximate surface area is 136 Å². The SMILES string of the molecule is O=C(c1cc(F)cc(F)c1)c1ccc(S(=O)(=O)O)c2ccccc12. The van der Waals surface area contributed by atoms with Gasteiger partial charge in [0.2, 0.25) is 0 Å². The zero-order valence-corrected chi connectivity index (χ0v) is 12.8. The molecule has 4 nitrogen and oxygen atoms in total. The molecular formula is C17H10F2O4S. The molecular weight excluding hydrogens is 338 g/mol. The van der Waals surface area contributed by atoms with Gasteiger partial charge in [-0.3, -0.25) is 9.35 Å². The van der Waals surface area contributed by atoms with Crippen LogP contribution in [0.5, 0.6) is 0 Å². The standard InChI is InChI=1S/C17H10F2O4S/c18-11-7-10(8-12(19)9-11)17(20)15-5-6-16(24(21,22)23)14-4-2-1-3-13(14)15/h1-9H,(H,21,22,23). The Morgan fingerprint density at radius 1 is 0.875 bits per heavy atom. The van der Waals surface area contributed by atoms with Crippen molar-refractivity contribution in [2.75, 3.05) is 0 Å². The van der Waals surface area contributed by atoms with Crippen molar-refractivity contribution in [1.29, 1.82) is 0 Å². The average Bonchev–Trinajstić information content (AvgIpc) is 2.51. The van der Waals surface area contributed by atoms with E-state index in [1.165, 1.54) is 18.2 Å². The Hall–Kier alpha value is -2.64. The fourth-order valence-electron chi connectivity index (χ4n) is 2.53. The van der Waals surface area contributed by atoms with Crippen LogP contribution in [0.3, 0.4) is 0 Å². The van der Waals surface area contributed by atoms with Gasteiger partial charge in [0.15, 0.2) is 5.78 Å². The monoisotopic (exact) mass is 348 g/mol. The van der Waals surface area contributed by atoms with Crippen LogP contribution in [-0.2, 0) is 10.1 Å². The van der Waals surface area contributed by atoms with E-state index in [4.69, 9.17) is 0 Å². The second kappa shape index (κ2) is 5.77. The molecule has 24 heavy (non-hydrogen) atoms. The molecule has 0 aliphatic rings. The number of carbonyl (C=O) groups is 1. The lowest BCUT2D eigenvalue weighted by atomic mass is 9.97. The van der Waals surface area contributed by atoms with E-state index < -0.39 is 27.5 Å². The minimum absolute atomic E-state index is 0.0722. The number of fused-ring (bicyclic) bond motifs is 1.